The number of amides is 2. The van der Waals surface area contributed by atoms with Gasteiger partial charge in [-0.2, -0.15) is 0 Å². The van der Waals surface area contributed by atoms with Crippen molar-refractivity contribution in [1.82, 2.24) is 4.90 Å². The first-order chi connectivity index (χ1) is 7.97. The molecule has 0 saturated heterocycles. The first-order valence-electron chi connectivity index (χ1n) is 5.37. The van der Waals surface area contributed by atoms with E-state index in [1.54, 1.807) is 20.0 Å². The number of carbonyl (C=O) groups is 1. The van der Waals surface area contributed by atoms with Gasteiger partial charge >= 0.3 is 6.03 Å². The van der Waals surface area contributed by atoms with E-state index < -0.39 is 0 Å². The fraction of sp³-hybridized carbons (Fsp3) is 0.417. The molecule has 1 atom stereocenters. The van der Waals surface area contributed by atoms with Crippen LogP contribution < -0.4 is 5.32 Å². The highest BCUT2D eigenvalue weighted by Crippen LogP contribution is 2.25. The molecule has 1 aromatic rings. The molecule has 0 saturated carbocycles. The minimum Gasteiger partial charge on any atom is -0.394 e. The largest absolute Gasteiger partial charge is 0.394 e. The second-order valence-electron chi connectivity index (χ2n) is 4.01. The number of hydrogen-bond donors (Lipinski definition) is 2. The summed E-state index contributed by atoms with van der Waals surface area (Å²) >= 11 is 6.07. The smallest absolute Gasteiger partial charge is 0.321 e. The van der Waals surface area contributed by atoms with Gasteiger partial charge in [0.1, 0.15) is 0 Å². The third kappa shape index (κ3) is 3.35. The molecule has 1 unspecified atom stereocenters. The van der Waals surface area contributed by atoms with Gasteiger partial charge in [-0.1, -0.05) is 23.7 Å². The Bertz CT molecular complexity index is 409. The summed E-state index contributed by atoms with van der Waals surface area (Å²) in [4.78, 5) is 13.3. The van der Waals surface area contributed by atoms with Crippen molar-refractivity contribution in [3.8, 4) is 0 Å². The summed E-state index contributed by atoms with van der Waals surface area (Å²) in [5.41, 5.74) is 1.48. The molecule has 0 bridgehead atoms. The summed E-state index contributed by atoms with van der Waals surface area (Å²) in [6.45, 7) is 3.56. The van der Waals surface area contributed by atoms with Gasteiger partial charge < -0.3 is 15.3 Å². The Labute approximate surface area is 106 Å². The van der Waals surface area contributed by atoms with Gasteiger partial charge in [0.15, 0.2) is 0 Å². The molecule has 1 rings (SSSR count). The van der Waals surface area contributed by atoms with Crippen LogP contribution in [0.4, 0.5) is 10.5 Å². The van der Waals surface area contributed by atoms with Crippen molar-refractivity contribution < 1.29 is 9.90 Å². The molecule has 0 fully saturated rings. The number of aliphatic hydroxyl groups excluding tert-OH is 1. The maximum absolute atomic E-state index is 11.8. The molecule has 2 amide bonds. The Morgan fingerprint density at radius 2 is 2.24 bits per heavy atom. The molecular weight excluding hydrogens is 240 g/mol. The number of urea groups is 1. The van der Waals surface area contributed by atoms with Gasteiger partial charge in [0, 0.05) is 7.05 Å². The van der Waals surface area contributed by atoms with E-state index in [9.17, 15) is 4.79 Å². The zero-order valence-electron chi connectivity index (χ0n) is 10.2. The lowest BCUT2D eigenvalue weighted by atomic mass is 10.2. The third-order valence-electron chi connectivity index (χ3n) is 2.68. The average Bonchev–Trinajstić information content (AvgIpc) is 2.32. The van der Waals surface area contributed by atoms with Crippen LogP contribution in [0, 0.1) is 6.92 Å². The second-order valence-corrected chi connectivity index (χ2v) is 4.39. The van der Waals surface area contributed by atoms with Gasteiger partial charge in [-0.25, -0.2) is 4.79 Å². The molecular formula is C12H17ClN2O2. The highest BCUT2D eigenvalue weighted by Gasteiger charge is 2.15. The lowest BCUT2D eigenvalue weighted by molar-refractivity contribution is 0.166. The molecule has 94 valence electrons. The Hall–Kier alpha value is -1.26. The molecule has 1 aromatic carbocycles. The van der Waals surface area contributed by atoms with Gasteiger partial charge in [0.25, 0.3) is 0 Å². The number of aryl methyl sites for hydroxylation is 1. The number of carbonyl (C=O) groups excluding carboxylic acids is 1. The number of halogens is 1. The quantitative estimate of drug-likeness (QED) is 0.873. The molecule has 2 N–H and O–H groups in total. The number of nitrogens with one attached hydrogen (secondary N) is 1. The van der Waals surface area contributed by atoms with Gasteiger partial charge in [0.2, 0.25) is 0 Å². The Kier molecular flexibility index (Phi) is 4.78. The molecule has 0 aromatic heterocycles. The molecule has 0 aliphatic heterocycles. The zero-order valence-corrected chi connectivity index (χ0v) is 11.0. The van der Waals surface area contributed by atoms with Gasteiger partial charge in [-0.3, -0.25) is 0 Å². The van der Waals surface area contributed by atoms with Crippen molar-refractivity contribution in [2.75, 3.05) is 19.0 Å². The Balaban J connectivity index is 2.78. The van der Waals surface area contributed by atoms with E-state index >= 15 is 0 Å². The van der Waals surface area contributed by atoms with Gasteiger partial charge in [-0.05, 0) is 25.5 Å². The summed E-state index contributed by atoms with van der Waals surface area (Å²) in [6.07, 6.45) is 0. The number of benzene rings is 1. The first-order valence-corrected chi connectivity index (χ1v) is 5.75. The fourth-order valence-corrected chi connectivity index (χ4v) is 1.44. The Morgan fingerprint density at radius 3 is 2.82 bits per heavy atom. The molecule has 17 heavy (non-hydrogen) atoms. The van der Waals surface area contributed by atoms with E-state index in [1.807, 2.05) is 19.1 Å². The van der Waals surface area contributed by atoms with Crippen LogP contribution in [0.1, 0.15) is 12.5 Å². The summed E-state index contributed by atoms with van der Waals surface area (Å²) < 4.78 is 0. The lowest BCUT2D eigenvalue weighted by Crippen LogP contribution is -2.40. The van der Waals surface area contributed by atoms with Crippen molar-refractivity contribution in [2.24, 2.45) is 0 Å². The highest BCUT2D eigenvalue weighted by atomic mass is 35.5. The lowest BCUT2D eigenvalue weighted by Gasteiger charge is -2.23. The van der Waals surface area contributed by atoms with Crippen LogP contribution in [0.3, 0.4) is 0 Å². The van der Waals surface area contributed by atoms with E-state index in [0.717, 1.165) is 5.56 Å². The predicted molar refractivity (Wildman–Crippen MR) is 69.5 cm³/mol. The predicted octanol–water partition coefficient (Wildman–Crippen LogP) is 2.49. The number of hydrogen-bond acceptors (Lipinski definition) is 2. The van der Waals surface area contributed by atoms with E-state index in [4.69, 9.17) is 16.7 Å². The van der Waals surface area contributed by atoms with E-state index in [-0.39, 0.29) is 18.7 Å². The molecule has 0 aliphatic rings. The maximum Gasteiger partial charge on any atom is 0.321 e. The van der Waals surface area contributed by atoms with E-state index in [0.29, 0.717) is 10.7 Å². The molecule has 0 spiro atoms. The number of nitrogens with zero attached hydrogens (tertiary/aromatic N) is 1. The molecule has 0 heterocycles. The number of anilines is 1. The van der Waals surface area contributed by atoms with Crippen LogP contribution in [0.25, 0.3) is 0 Å². The Morgan fingerprint density at radius 1 is 1.59 bits per heavy atom. The minimum absolute atomic E-state index is 0.0779. The average molecular weight is 257 g/mol. The number of rotatable bonds is 3. The van der Waals surface area contributed by atoms with Crippen molar-refractivity contribution in [3.05, 3.63) is 28.8 Å². The summed E-state index contributed by atoms with van der Waals surface area (Å²) in [5, 5.41) is 12.2. The zero-order chi connectivity index (χ0) is 13.0. The summed E-state index contributed by atoms with van der Waals surface area (Å²) in [7, 11) is 1.62. The molecule has 5 heteroatoms. The third-order valence-corrected chi connectivity index (χ3v) is 3.18. The monoisotopic (exact) mass is 256 g/mol. The summed E-state index contributed by atoms with van der Waals surface area (Å²) in [6, 6.07) is 4.91. The molecule has 0 aliphatic carbocycles. The SMILES string of the molecule is Cc1cccc(NC(=O)N(C)C(C)CO)c1Cl. The van der Waals surface area contributed by atoms with Crippen LogP contribution >= 0.6 is 11.6 Å². The van der Waals surface area contributed by atoms with Crippen molar-refractivity contribution >= 4 is 23.3 Å². The van der Waals surface area contributed by atoms with E-state index in [1.165, 1.54) is 4.90 Å². The molecule has 0 radical (unpaired) electrons. The van der Waals surface area contributed by atoms with E-state index in [2.05, 4.69) is 5.32 Å². The van der Waals surface area contributed by atoms with Crippen LogP contribution in [0.2, 0.25) is 5.02 Å². The highest BCUT2D eigenvalue weighted by molar-refractivity contribution is 6.34. The second kappa shape index (κ2) is 5.89. The maximum atomic E-state index is 11.8. The summed E-state index contributed by atoms with van der Waals surface area (Å²) in [5.74, 6) is 0. The standard InChI is InChI=1S/C12H17ClN2O2/c1-8-5-4-6-10(11(8)13)14-12(17)15(3)9(2)7-16/h4-6,9,16H,7H2,1-3H3,(H,14,17). The normalized spacial score (nSPS) is 12.1. The molecule has 4 nitrogen and oxygen atoms in total. The van der Waals surface area contributed by atoms with Gasteiger partial charge in [0.05, 0.1) is 23.4 Å². The van der Waals surface area contributed by atoms with Gasteiger partial charge in [-0.15, -0.1) is 0 Å². The first kappa shape index (κ1) is 13.8. The van der Waals surface area contributed by atoms with Crippen molar-refractivity contribution in [1.29, 1.82) is 0 Å². The fourth-order valence-electron chi connectivity index (χ4n) is 1.27. The number of likely N-dealkylation sites (N-methyl/N-ethyl adjacent to an activating group) is 1. The van der Waals surface area contributed by atoms with Crippen molar-refractivity contribution in [2.45, 2.75) is 19.9 Å². The van der Waals surface area contributed by atoms with Crippen molar-refractivity contribution in [3.63, 3.8) is 0 Å². The minimum atomic E-state index is -0.293. The van der Waals surface area contributed by atoms with Crippen LogP contribution in [-0.2, 0) is 0 Å². The number of aliphatic hydroxyl groups is 1. The van der Waals surface area contributed by atoms with Crippen LogP contribution in [0.15, 0.2) is 18.2 Å². The van der Waals surface area contributed by atoms with Crippen LogP contribution in [-0.4, -0.2) is 35.7 Å². The topological polar surface area (TPSA) is 52.6 Å². The van der Waals surface area contributed by atoms with Crippen LogP contribution in [0.5, 0.6) is 0 Å².